The van der Waals surface area contributed by atoms with E-state index in [2.05, 4.69) is 10.3 Å². The first-order chi connectivity index (χ1) is 9.68. The first-order valence-electron chi connectivity index (χ1n) is 5.45. The molecule has 0 atom stereocenters. The molecule has 0 bridgehead atoms. The third kappa shape index (κ3) is 3.72. The van der Waals surface area contributed by atoms with Gasteiger partial charge in [0.15, 0.2) is 9.34 Å². The average Bonchev–Trinajstić information content (AvgIpc) is 2.69. The van der Waals surface area contributed by atoms with E-state index in [4.69, 9.17) is 28.3 Å². The number of aryl methyl sites for hydroxylation is 1. The minimum Gasteiger partial charge on any atom is -0.298 e. The third-order valence-electron chi connectivity index (χ3n) is 2.41. The molecule has 0 aliphatic heterocycles. The van der Waals surface area contributed by atoms with Gasteiger partial charge in [-0.2, -0.15) is 0 Å². The van der Waals surface area contributed by atoms with E-state index >= 15 is 0 Å². The smallest absolute Gasteiger partial charge is 0.258 e. The Kier molecular flexibility index (Phi) is 4.54. The highest BCUT2D eigenvalue weighted by atomic mass is 35.5. The molecular weight excluding hydrogens is 357 g/mol. The Bertz CT molecular complexity index is 818. The van der Waals surface area contributed by atoms with Crippen molar-refractivity contribution in [3.05, 3.63) is 39.5 Å². The van der Waals surface area contributed by atoms with Gasteiger partial charge < -0.3 is 0 Å². The zero-order valence-electron chi connectivity index (χ0n) is 10.6. The van der Waals surface area contributed by atoms with Crippen LogP contribution in [0.1, 0.15) is 16.1 Å². The summed E-state index contributed by atoms with van der Waals surface area (Å²) >= 11 is 12.4. The van der Waals surface area contributed by atoms with Gasteiger partial charge in [-0.3, -0.25) is 10.1 Å². The number of primary sulfonamides is 1. The number of rotatable bonds is 3. The van der Waals surface area contributed by atoms with Crippen LogP contribution in [0.3, 0.4) is 0 Å². The van der Waals surface area contributed by atoms with Crippen molar-refractivity contribution in [2.24, 2.45) is 5.14 Å². The molecule has 0 aliphatic rings. The summed E-state index contributed by atoms with van der Waals surface area (Å²) in [6.45, 7) is 1.49. The van der Waals surface area contributed by atoms with Gasteiger partial charge in [0, 0.05) is 5.02 Å². The molecular formula is C11H9Cl2N3O3S2. The summed E-state index contributed by atoms with van der Waals surface area (Å²) in [7, 11) is -3.87. The van der Waals surface area contributed by atoms with Crippen LogP contribution in [0.15, 0.2) is 22.4 Å². The lowest BCUT2D eigenvalue weighted by Crippen LogP contribution is -2.12. The number of anilines is 1. The number of amides is 1. The fourth-order valence-electron chi connectivity index (χ4n) is 1.54. The van der Waals surface area contributed by atoms with Gasteiger partial charge in [0.1, 0.15) is 0 Å². The Hall–Kier alpha value is -1.19. The number of halogens is 2. The summed E-state index contributed by atoms with van der Waals surface area (Å²) in [6, 6.07) is 4.41. The third-order valence-corrected chi connectivity index (χ3v) is 5.58. The summed E-state index contributed by atoms with van der Waals surface area (Å²) in [5.41, 5.74) is 0.422. The van der Waals surface area contributed by atoms with Gasteiger partial charge in [-0.15, -0.1) is 0 Å². The number of carbonyl (C=O) groups is 1. The van der Waals surface area contributed by atoms with Crippen LogP contribution in [-0.2, 0) is 10.0 Å². The van der Waals surface area contributed by atoms with Crippen molar-refractivity contribution < 1.29 is 13.2 Å². The second-order valence-electron chi connectivity index (χ2n) is 4.02. The fraction of sp³-hybridized carbons (Fsp3) is 0.0909. The Morgan fingerprint density at radius 2 is 2.05 bits per heavy atom. The number of nitrogens with zero attached hydrogens (tertiary/aromatic N) is 1. The van der Waals surface area contributed by atoms with E-state index in [-0.39, 0.29) is 25.6 Å². The van der Waals surface area contributed by atoms with Gasteiger partial charge in [-0.1, -0.05) is 34.5 Å². The number of carbonyl (C=O) groups excluding carboxylic acids is 1. The first-order valence-corrected chi connectivity index (χ1v) is 8.57. The second-order valence-corrected chi connectivity index (χ2v) is 7.61. The van der Waals surface area contributed by atoms with Crippen molar-refractivity contribution >= 4 is 55.6 Å². The van der Waals surface area contributed by atoms with E-state index in [9.17, 15) is 13.2 Å². The number of nitrogens with one attached hydrogen (secondary N) is 1. The van der Waals surface area contributed by atoms with E-state index in [0.717, 1.165) is 11.3 Å². The molecule has 0 radical (unpaired) electrons. The number of hydrogen-bond acceptors (Lipinski definition) is 5. The molecule has 1 aromatic heterocycles. The molecule has 1 aromatic carbocycles. The van der Waals surface area contributed by atoms with Crippen LogP contribution in [0, 0.1) is 6.92 Å². The maximum atomic E-state index is 12.1. The summed E-state index contributed by atoms with van der Waals surface area (Å²) in [6.07, 6.45) is 0. The molecule has 2 aromatic rings. The van der Waals surface area contributed by atoms with Crippen molar-refractivity contribution in [3.8, 4) is 0 Å². The van der Waals surface area contributed by atoms with Crippen molar-refractivity contribution in [1.82, 2.24) is 4.98 Å². The number of thiazole rings is 1. The molecule has 1 amide bonds. The highest BCUT2D eigenvalue weighted by molar-refractivity contribution is 7.91. The Morgan fingerprint density at radius 1 is 1.38 bits per heavy atom. The minimum absolute atomic E-state index is 0.0972. The molecule has 112 valence electrons. The SMILES string of the molecule is Cc1nc(NC(=O)c2ccc(Cl)cc2Cl)sc1S(N)(=O)=O. The molecule has 0 unspecified atom stereocenters. The van der Waals surface area contributed by atoms with Crippen LogP contribution in [0.4, 0.5) is 5.13 Å². The largest absolute Gasteiger partial charge is 0.298 e. The summed E-state index contributed by atoms with van der Waals surface area (Å²) in [5, 5.41) is 8.22. The van der Waals surface area contributed by atoms with E-state index in [1.165, 1.54) is 25.1 Å². The van der Waals surface area contributed by atoms with Gasteiger partial charge in [0.2, 0.25) is 10.0 Å². The summed E-state index contributed by atoms with van der Waals surface area (Å²) < 4.78 is 22.5. The topological polar surface area (TPSA) is 102 Å². The molecule has 0 saturated carbocycles. The van der Waals surface area contributed by atoms with E-state index < -0.39 is 15.9 Å². The van der Waals surface area contributed by atoms with E-state index in [1.54, 1.807) is 0 Å². The fourth-order valence-corrected chi connectivity index (χ4v) is 3.89. The van der Waals surface area contributed by atoms with Gasteiger partial charge in [-0.25, -0.2) is 18.5 Å². The lowest BCUT2D eigenvalue weighted by molar-refractivity contribution is 0.102. The maximum absolute atomic E-state index is 12.1. The molecule has 0 fully saturated rings. The lowest BCUT2D eigenvalue weighted by atomic mass is 10.2. The van der Waals surface area contributed by atoms with Crippen LogP contribution in [-0.4, -0.2) is 19.3 Å². The first kappa shape index (κ1) is 16.2. The average molecular weight is 366 g/mol. The number of nitrogens with two attached hydrogens (primary N) is 1. The Balaban J connectivity index is 2.28. The molecule has 10 heteroatoms. The summed E-state index contributed by atoms with van der Waals surface area (Å²) in [5.74, 6) is -0.522. The highest BCUT2D eigenvalue weighted by Gasteiger charge is 2.19. The molecule has 1 heterocycles. The number of aromatic nitrogens is 1. The number of hydrogen-bond donors (Lipinski definition) is 2. The molecule has 6 nitrogen and oxygen atoms in total. The van der Waals surface area contributed by atoms with Crippen molar-refractivity contribution in [2.75, 3.05) is 5.32 Å². The predicted molar refractivity (Wildman–Crippen MR) is 82.6 cm³/mol. The van der Waals surface area contributed by atoms with Crippen LogP contribution in [0.5, 0.6) is 0 Å². The van der Waals surface area contributed by atoms with Crippen molar-refractivity contribution in [3.63, 3.8) is 0 Å². The zero-order chi connectivity index (χ0) is 15.8. The normalized spacial score (nSPS) is 11.4. The van der Waals surface area contributed by atoms with Crippen LogP contribution < -0.4 is 10.5 Å². The molecule has 0 saturated heterocycles. The molecule has 21 heavy (non-hydrogen) atoms. The maximum Gasteiger partial charge on any atom is 0.258 e. The van der Waals surface area contributed by atoms with Crippen molar-refractivity contribution in [2.45, 2.75) is 11.1 Å². The minimum atomic E-state index is -3.87. The van der Waals surface area contributed by atoms with Gasteiger partial charge >= 0.3 is 0 Å². The van der Waals surface area contributed by atoms with Crippen LogP contribution in [0.25, 0.3) is 0 Å². The van der Waals surface area contributed by atoms with E-state index in [1.807, 2.05) is 0 Å². The van der Waals surface area contributed by atoms with Crippen LogP contribution >= 0.6 is 34.5 Å². The standard InChI is InChI=1S/C11H9Cl2N3O3S2/c1-5-10(21(14,18)19)20-11(15-5)16-9(17)7-3-2-6(12)4-8(7)13/h2-4H,1H3,(H2,14,18,19)(H,15,16,17). The quantitative estimate of drug-likeness (QED) is 0.872. The Labute approximate surface area is 134 Å². The van der Waals surface area contributed by atoms with Crippen LogP contribution in [0.2, 0.25) is 10.0 Å². The van der Waals surface area contributed by atoms with E-state index in [0.29, 0.717) is 5.02 Å². The molecule has 0 spiro atoms. The highest BCUT2D eigenvalue weighted by Crippen LogP contribution is 2.27. The number of benzene rings is 1. The Morgan fingerprint density at radius 3 is 2.57 bits per heavy atom. The predicted octanol–water partition coefficient (Wildman–Crippen LogP) is 2.66. The lowest BCUT2D eigenvalue weighted by Gasteiger charge is -2.04. The molecule has 0 aliphatic carbocycles. The van der Waals surface area contributed by atoms with Gasteiger partial charge in [0.05, 0.1) is 16.3 Å². The monoisotopic (exact) mass is 365 g/mol. The second kappa shape index (κ2) is 5.90. The number of sulfonamides is 1. The zero-order valence-corrected chi connectivity index (χ0v) is 13.7. The molecule has 3 N–H and O–H groups in total. The van der Waals surface area contributed by atoms with Gasteiger partial charge in [-0.05, 0) is 25.1 Å². The van der Waals surface area contributed by atoms with Crippen molar-refractivity contribution in [1.29, 1.82) is 0 Å². The summed E-state index contributed by atoms with van der Waals surface area (Å²) in [4.78, 5) is 16.0. The molecule has 2 rings (SSSR count). The van der Waals surface area contributed by atoms with Gasteiger partial charge in [0.25, 0.3) is 5.91 Å².